The Balaban J connectivity index is 1.61. The minimum absolute atomic E-state index is 0.0831. The third-order valence-electron chi connectivity index (χ3n) is 4.79. The zero-order valence-corrected chi connectivity index (χ0v) is 16.7. The molecular formula is C23H27N3O2. The molecule has 0 aliphatic carbocycles. The Bertz CT molecular complexity index is 875. The van der Waals surface area contributed by atoms with Crippen LogP contribution < -0.4 is 0 Å². The van der Waals surface area contributed by atoms with Gasteiger partial charge in [0, 0.05) is 32.1 Å². The van der Waals surface area contributed by atoms with Crippen LogP contribution in [-0.2, 0) is 11.2 Å². The summed E-state index contributed by atoms with van der Waals surface area (Å²) < 4.78 is 5.49. The Hall–Kier alpha value is -2.92. The van der Waals surface area contributed by atoms with Crippen LogP contribution in [0.15, 0.2) is 71.3 Å². The van der Waals surface area contributed by atoms with E-state index in [4.69, 9.17) is 4.52 Å². The molecule has 1 unspecified atom stereocenters. The molecule has 0 bridgehead atoms. The van der Waals surface area contributed by atoms with Crippen molar-refractivity contribution < 1.29 is 9.32 Å². The minimum atomic E-state index is -0.286. The first-order chi connectivity index (χ1) is 13.6. The lowest BCUT2D eigenvalue weighted by molar-refractivity contribution is -0.134. The van der Waals surface area contributed by atoms with Crippen molar-refractivity contribution in [1.82, 2.24) is 15.0 Å². The van der Waals surface area contributed by atoms with Gasteiger partial charge in [0.2, 0.25) is 5.91 Å². The number of likely N-dealkylation sites (N-methyl/N-ethyl adjacent to an activating group) is 2. The van der Waals surface area contributed by atoms with E-state index in [1.54, 1.807) is 19.0 Å². The molecule has 0 fully saturated rings. The predicted molar refractivity (Wildman–Crippen MR) is 111 cm³/mol. The normalized spacial score (nSPS) is 12.1. The second-order valence-corrected chi connectivity index (χ2v) is 7.17. The number of amides is 1. The molecule has 3 aromatic rings. The van der Waals surface area contributed by atoms with Gasteiger partial charge in [-0.25, -0.2) is 0 Å². The zero-order valence-electron chi connectivity index (χ0n) is 16.7. The van der Waals surface area contributed by atoms with Crippen LogP contribution in [0.3, 0.4) is 0 Å². The van der Waals surface area contributed by atoms with Gasteiger partial charge in [0.15, 0.2) is 0 Å². The second kappa shape index (κ2) is 9.33. The average Bonchev–Trinajstić information content (AvgIpc) is 3.18. The molecule has 1 aromatic heterocycles. The predicted octanol–water partition coefficient (Wildman–Crippen LogP) is 4.04. The molecule has 146 valence electrons. The van der Waals surface area contributed by atoms with Crippen LogP contribution in [0.1, 0.15) is 23.8 Å². The van der Waals surface area contributed by atoms with E-state index in [0.717, 1.165) is 42.0 Å². The third-order valence-corrected chi connectivity index (χ3v) is 4.79. The molecule has 0 saturated carbocycles. The second-order valence-electron chi connectivity index (χ2n) is 7.17. The van der Waals surface area contributed by atoms with Crippen LogP contribution in [0.4, 0.5) is 0 Å². The first-order valence-corrected chi connectivity index (χ1v) is 9.53. The van der Waals surface area contributed by atoms with Gasteiger partial charge in [-0.05, 0) is 25.6 Å². The Labute approximate surface area is 166 Å². The molecule has 0 aliphatic rings. The topological polar surface area (TPSA) is 49.6 Å². The summed E-state index contributed by atoms with van der Waals surface area (Å²) in [6, 6.07) is 21.6. The van der Waals surface area contributed by atoms with Crippen molar-refractivity contribution >= 4 is 5.91 Å². The summed E-state index contributed by atoms with van der Waals surface area (Å²) in [5.41, 5.74) is 2.92. The molecule has 2 aromatic carbocycles. The van der Waals surface area contributed by atoms with E-state index in [0.29, 0.717) is 0 Å². The molecule has 1 heterocycles. The average molecular weight is 377 g/mol. The van der Waals surface area contributed by atoms with Gasteiger partial charge in [0.05, 0.1) is 0 Å². The first-order valence-electron chi connectivity index (χ1n) is 9.53. The lowest BCUT2D eigenvalue weighted by Gasteiger charge is -2.29. The summed E-state index contributed by atoms with van der Waals surface area (Å²) in [4.78, 5) is 16.5. The van der Waals surface area contributed by atoms with E-state index in [9.17, 15) is 4.79 Å². The van der Waals surface area contributed by atoms with Crippen LogP contribution in [0.5, 0.6) is 0 Å². The van der Waals surface area contributed by atoms with Crippen LogP contribution in [0.25, 0.3) is 11.3 Å². The lowest BCUT2D eigenvalue weighted by Crippen LogP contribution is -2.38. The number of nitrogens with zero attached hydrogens (tertiary/aromatic N) is 3. The summed E-state index contributed by atoms with van der Waals surface area (Å²) in [7, 11) is 5.59. The maximum absolute atomic E-state index is 12.7. The largest absolute Gasteiger partial charge is 0.361 e. The van der Waals surface area contributed by atoms with Crippen molar-refractivity contribution in [2.45, 2.75) is 18.9 Å². The van der Waals surface area contributed by atoms with Crippen molar-refractivity contribution in [3.05, 3.63) is 78.1 Å². The number of carbonyl (C=O) groups is 1. The van der Waals surface area contributed by atoms with Gasteiger partial charge in [-0.3, -0.25) is 9.69 Å². The van der Waals surface area contributed by atoms with Gasteiger partial charge in [-0.2, -0.15) is 0 Å². The Morgan fingerprint density at radius 2 is 1.64 bits per heavy atom. The van der Waals surface area contributed by atoms with Crippen molar-refractivity contribution in [2.24, 2.45) is 0 Å². The molecule has 3 rings (SSSR count). The van der Waals surface area contributed by atoms with E-state index in [2.05, 4.69) is 10.1 Å². The lowest BCUT2D eigenvalue weighted by atomic mass is 10.0. The molecule has 0 spiro atoms. The highest BCUT2D eigenvalue weighted by atomic mass is 16.5. The summed E-state index contributed by atoms with van der Waals surface area (Å²) >= 11 is 0. The van der Waals surface area contributed by atoms with Crippen molar-refractivity contribution in [1.29, 1.82) is 0 Å². The number of aryl methyl sites for hydroxylation is 1. The van der Waals surface area contributed by atoms with E-state index in [1.165, 1.54) is 0 Å². The van der Waals surface area contributed by atoms with Crippen LogP contribution >= 0.6 is 0 Å². The Kier molecular flexibility index (Phi) is 6.61. The maximum atomic E-state index is 12.7. The highest BCUT2D eigenvalue weighted by Gasteiger charge is 2.26. The van der Waals surface area contributed by atoms with E-state index < -0.39 is 0 Å². The van der Waals surface area contributed by atoms with Gasteiger partial charge >= 0.3 is 0 Å². The fourth-order valence-electron chi connectivity index (χ4n) is 3.27. The number of rotatable bonds is 8. The van der Waals surface area contributed by atoms with E-state index in [1.807, 2.05) is 73.8 Å². The van der Waals surface area contributed by atoms with Gasteiger partial charge < -0.3 is 9.42 Å². The molecule has 5 heteroatoms. The SMILES string of the molecule is CN(C)C(=O)C(c1ccccc1)N(C)CCCc1cc(-c2ccccc2)no1. The number of hydrogen-bond donors (Lipinski definition) is 0. The smallest absolute Gasteiger partial charge is 0.244 e. The molecule has 5 nitrogen and oxygen atoms in total. The molecule has 0 radical (unpaired) electrons. The highest BCUT2D eigenvalue weighted by Crippen LogP contribution is 2.23. The maximum Gasteiger partial charge on any atom is 0.244 e. The van der Waals surface area contributed by atoms with Gasteiger partial charge in [0.25, 0.3) is 0 Å². The van der Waals surface area contributed by atoms with Crippen molar-refractivity contribution in [3.63, 3.8) is 0 Å². The van der Waals surface area contributed by atoms with E-state index >= 15 is 0 Å². The number of hydrogen-bond acceptors (Lipinski definition) is 4. The molecule has 0 aliphatic heterocycles. The van der Waals surface area contributed by atoms with Crippen LogP contribution in [-0.4, -0.2) is 48.6 Å². The first kappa shape index (κ1) is 19.8. The molecular weight excluding hydrogens is 350 g/mol. The quantitative estimate of drug-likeness (QED) is 0.595. The monoisotopic (exact) mass is 377 g/mol. The van der Waals surface area contributed by atoms with Gasteiger partial charge in [-0.1, -0.05) is 65.8 Å². The minimum Gasteiger partial charge on any atom is -0.361 e. The summed E-state index contributed by atoms with van der Waals surface area (Å²) in [5.74, 6) is 0.946. The third kappa shape index (κ3) is 4.87. The van der Waals surface area contributed by atoms with Crippen molar-refractivity contribution in [2.75, 3.05) is 27.7 Å². The van der Waals surface area contributed by atoms with Crippen LogP contribution in [0.2, 0.25) is 0 Å². The van der Waals surface area contributed by atoms with Crippen LogP contribution in [0, 0.1) is 0 Å². The number of aromatic nitrogens is 1. The number of carbonyl (C=O) groups excluding carboxylic acids is 1. The fourth-order valence-corrected chi connectivity index (χ4v) is 3.27. The summed E-state index contributed by atoms with van der Waals surface area (Å²) in [5, 5.41) is 4.17. The zero-order chi connectivity index (χ0) is 19.9. The molecule has 1 atom stereocenters. The Morgan fingerprint density at radius 3 is 2.29 bits per heavy atom. The van der Waals surface area contributed by atoms with E-state index in [-0.39, 0.29) is 11.9 Å². The molecule has 0 N–H and O–H groups in total. The van der Waals surface area contributed by atoms with Gasteiger partial charge in [0.1, 0.15) is 17.5 Å². The molecule has 1 amide bonds. The molecule has 0 saturated heterocycles. The highest BCUT2D eigenvalue weighted by molar-refractivity contribution is 5.82. The molecule has 28 heavy (non-hydrogen) atoms. The standard InChI is InChI=1S/C23H27N3O2/c1-25(2)23(27)22(19-13-8-5-9-14-19)26(3)16-10-15-20-17-21(24-28-20)18-11-6-4-7-12-18/h4-9,11-14,17,22H,10,15-16H2,1-3H3. The Morgan fingerprint density at radius 1 is 1.00 bits per heavy atom. The number of benzene rings is 2. The summed E-state index contributed by atoms with van der Waals surface area (Å²) in [6.45, 7) is 0.778. The van der Waals surface area contributed by atoms with Gasteiger partial charge in [-0.15, -0.1) is 0 Å². The fraction of sp³-hybridized carbons (Fsp3) is 0.304. The van der Waals surface area contributed by atoms with Crippen molar-refractivity contribution in [3.8, 4) is 11.3 Å². The summed E-state index contributed by atoms with van der Waals surface area (Å²) in [6.07, 6.45) is 1.66.